The number of nitrogens with one attached hydrogen (secondary N) is 2. The van der Waals surface area contributed by atoms with E-state index in [0.717, 1.165) is 30.2 Å². The van der Waals surface area contributed by atoms with Gasteiger partial charge in [0.1, 0.15) is 11.4 Å². The van der Waals surface area contributed by atoms with Crippen molar-refractivity contribution in [3.63, 3.8) is 0 Å². The second-order valence-electron chi connectivity index (χ2n) is 10.1. The summed E-state index contributed by atoms with van der Waals surface area (Å²) in [5.74, 6) is 0.805. The summed E-state index contributed by atoms with van der Waals surface area (Å²) >= 11 is 0. The second kappa shape index (κ2) is 10.8. The molecule has 1 aliphatic carbocycles. The number of carbonyl (C=O) groups is 2. The average molecular weight is 501 g/mol. The number of rotatable bonds is 8. The van der Waals surface area contributed by atoms with Gasteiger partial charge < -0.3 is 21.2 Å². The lowest BCUT2D eigenvalue weighted by atomic mass is 10.1. The zero-order valence-corrected chi connectivity index (χ0v) is 21.3. The van der Waals surface area contributed by atoms with Gasteiger partial charge in [-0.05, 0) is 75.9 Å². The predicted molar refractivity (Wildman–Crippen MR) is 144 cm³/mol. The van der Waals surface area contributed by atoms with Gasteiger partial charge in [-0.2, -0.15) is 0 Å². The highest BCUT2D eigenvalue weighted by molar-refractivity contribution is 5.97. The smallest absolute Gasteiger partial charge is 0.420 e. The molecule has 1 aliphatic rings. The number of aryl methyl sites for hydroxylation is 1. The minimum atomic E-state index is -0.733. The molecule has 0 unspecified atom stereocenters. The van der Waals surface area contributed by atoms with Crippen LogP contribution >= 0.6 is 0 Å². The molecule has 4 N–H and O–H groups in total. The lowest BCUT2D eigenvalue weighted by Crippen LogP contribution is -2.34. The van der Waals surface area contributed by atoms with Gasteiger partial charge in [0.25, 0.3) is 0 Å². The lowest BCUT2D eigenvalue weighted by Gasteiger charge is -2.27. The average Bonchev–Trinajstić information content (AvgIpc) is 3.67. The maximum atomic E-state index is 13.3. The molecule has 1 heterocycles. The third-order valence-corrected chi connectivity index (χ3v) is 5.70. The highest BCUT2D eigenvalue weighted by atomic mass is 16.6. The predicted octanol–water partition coefficient (Wildman–Crippen LogP) is 5.01. The molecule has 0 bridgehead atoms. The van der Waals surface area contributed by atoms with E-state index in [1.54, 1.807) is 51.2 Å². The van der Waals surface area contributed by atoms with Crippen LogP contribution in [-0.4, -0.2) is 39.8 Å². The van der Waals surface area contributed by atoms with Crippen LogP contribution in [0.5, 0.6) is 0 Å². The van der Waals surface area contributed by atoms with Crippen LogP contribution in [0.15, 0.2) is 54.7 Å². The van der Waals surface area contributed by atoms with Crippen molar-refractivity contribution in [1.29, 1.82) is 5.41 Å². The summed E-state index contributed by atoms with van der Waals surface area (Å²) < 4.78 is 5.66. The summed E-state index contributed by atoms with van der Waals surface area (Å²) in [5, 5.41) is 10.7. The van der Waals surface area contributed by atoms with Gasteiger partial charge in [-0.3, -0.25) is 4.79 Å². The van der Waals surface area contributed by atoms with Crippen LogP contribution in [0.4, 0.5) is 22.0 Å². The first-order valence-electron chi connectivity index (χ1n) is 12.3. The fourth-order valence-electron chi connectivity index (χ4n) is 3.73. The van der Waals surface area contributed by atoms with Gasteiger partial charge in [0.2, 0.25) is 5.91 Å². The molecule has 3 aromatic rings. The van der Waals surface area contributed by atoms with Crippen molar-refractivity contribution in [3.05, 3.63) is 65.9 Å². The molecule has 9 nitrogen and oxygen atoms in total. The van der Waals surface area contributed by atoms with Crippen molar-refractivity contribution < 1.29 is 14.3 Å². The molecule has 1 aromatic heterocycles. The quantitative estimate of drug-likeness (QED) is 0.294. The van der Waals surface area contributed by atoms with Crippen LogP contribution in [0.25, 0.3) is 11.4 Å². The van der Waals surface area contributed by atoms with Gasteiger partial charge in [0, 0.05) is 41.7 Å². The Balaban J connectivity index is 1.64. The molecule has 0 atom stereocenters. The van der Waals surface area contributed by atoms with Gasteiger partial charge in [0.15, 0.2) is 5.82 Å². The first kappa shape index (κ1) is 25.8. The molecular weight excluding hydrogens is 468 g/mol. The molecule has 0 aliphatic heterocycles. The van der Waals surface area contributed by atoms with Crippen LogP contribution in [0.3, 0.4) is 0 Å². The van der Waals surface area contributed by atoms with E-state index in [4.69, 9.17) is 15.9 Å². The normalized spacial score (nSPS) is 13.1. The molecular formula is C28H32N6O3. The minimum Gasteiger partial charge on any atom is -0.443 e. The SMILES string of the molecule is CC(C)(C)OC(=O)N(c1ccc(N)c(C=N)c1)c1ccnc(-c2cccc(CCC(=O)NC3CC3)c2)n1. The number of hydrogen-bond acceptors (Lipinski definition) is 7. The van der Waals surface area contributed by atoms with E-state index in [1.165, 1.54) is 4.90 Å². The Hall–Kier alpha value is -4.27. The zero-order chi connectivity index (χ0) is 26.6. The maximum Gasteiger partial charge on any atom is 0.420 e. The molecule has 192 valence electrons. The number of amides is 2. The molecule has 0 saturated heterocycles. The molecule has 2 aromatic carbocycles. The van der Waals surface area contributed by atoms with E-state index in [2.05, 4.69) is 15.3 Å². The number of nitrogen functional groups attached to an aromatic ring is 1. The molecule has 1 saturated carbocycles. The van der Waals surface area contributed by atoms with Crippen molar-refractivity contribution in [2.24, 2.45) is 0 Å². The highest BCUT2D eigenvalue weighted by Crippen LogP contribution is 2.30. The third kappa shape index (κ3) is 6.91. The molecule has 2 amide bonds. The molecule has 4 rings (SSSR count). The van der Waals surface area contributed by atoms with Crippen LogP contribution in [-0.2, 0) is 16.0 Å². The van der Waals surface area contributed by atoms with Crippen molar-refractivity contribution in [1.82, 2.24) is 15.3 Å². The fourth-order valence-corrected chi connectivity index (χ4v) is 3.73. The number of nitrogens with two attached hydrogens (primary N) is 1. The van der Waals surface area contributed by atoms with Crippen LogP contribution < -0.4 is 16.0 Å². The van der Waals surface area contributed by atoms with Crippen molar-refractivity contribution in [3.8, 4) is 11.4 Å². The van der Waals surface area contributed by atoms with Gasteiger partial charge >= 0.3 is 6.09 Å². The summed E-state index contributed by atoms with van der Waals surface area (Å²) in [5.41, 5.74) is 8.35. The Morgan fingerprint density at radius 2 is 1.97 bits per heavy atom. The molecule has 1 fully saturated rings. The second-order valence-corrected chi connectivity index (χ2v) is 10.1. The molecule has 0 radical (unpaired) electrons. The largest absolute Gasteiger partial charge is 0.443 e. The van der Waals surface area contributed by atoms with Gasteiger partial charge in [-0.1, -0.05) is 18.2 Å². The monoisotopic (exact) mass is 500 g/mol. The summed E-state index contributed by atoms with van der Waals surface area (Å²) in [6.45, 7) is 5.37. The van der Waals surface area contributed by atoms with E-state index >= 15 is 0 Å². The van der Waals surface area contributed by atoms with Gasteiger partial charge in [-0.15, -0.1) is 0 Å². The fraction of sp³-hybridized carbons (Fsp3) is 0.321. The Labute approximate surface area is 216 Å². The minimum absolute atomic E-state index is 0.0620. The Bertz CT molecular complexity index is 1310. The van der Waals surface area contributed by atoms with E-state index in [0.29, 0.717) is 47.5 Å². The van der Waals surface area contributed by atoms with Crippen LogP contribution in [0.1, 0.15) is 51.2 Å². The summed E-state index contributed by atoms with van der Waals surface area (Å²) in [6.07, 6.45) is 5.25. The van der Waals surface area contributed by atoms with E-state index in [1.807, 2.05) is 24.3 Å². The third-order valence-electron chi connectivity index (χ3n) is 5.70. The number of ether oxygens (including phenoxy) is 1. The number of hydrogen-bond donors (Lipinski definition) is 3. The van der Waals surface area contributed by atoms with Gasteiger partial charge in [-0.25, -0.2) is 19.7 Å². The maximum absolute atomic E-state index is 13.3. The Morgan fingerprint density at radius 3 is 2.68 bits per heavy atom. The van der Waals surface area contributed by atoms with Crippen LogP contribution in [0.2, 0.25) is 0 Å². The number of anilines is 3. The van der Waals surface area contributed by atoms with E-state index < -0.39 is 11.7 Å². The van der Waals surface area contributed by atoms with Crippen molar-refractivity contribution in [2.45, 2.75) is 58.1 Å². The standard InChI is InChI=1S/C28H32N6O3/c1-28(2,3)37-27(36)34(22-10-11-23(30)20(16-22)17-29)24-13-14-31-26(33-24)19-6-4-5-18(15-19)7-12-25(35)32-21-8-9-21/h4-6,10-11,13-17,21,29H,7-9,12,30H2,1-3H3,(H,32,35). The summed E-state index contributed by atoms with van der Waals surface area (Å²) in [4.78, 5) is 35.8. The number of carbonyl (C=O) groups excluding carboxylic acids is 2. The van der Waals surface area contributed by atoms with E-state index in [-0.39, 0.29) is 5.91 Å². The first-order chi connectivity index (χ1) is 17.6. The molecule has 9 heteroatoms. The zero-order valence-electron chi connectivity index (χ0n) is 21.3. The van der Waals surface area contributed by atoms with E-state index in [9.17, 15) is 9.59 Å². The summed E-state index contributed by atoms with van der Waals surface area (Å²) in [6, 6.07) is 14.7. The Kier molecular flexibility index (Phi) is 7.52. The number of benzene rings is 2. The topological polar surface area (TPSA) is 134 Å². The van der Waals surface area contributed by atoms with Crippen molar-refractivity contribution in [2.75, 3.05) is 10.6 Å². The summed E-state index contributed by atoms with van der Waals surface area (Å²) in [7, 11) is 0. The van der Waals surface area contributed by atoms with Crippen molar-refractivity contribution >= 4 is 35.4 Å². The lowest BCUT2D eigenvalue weighted by molar-refractivity contribution is -0.121. The number of aromatic nitrogens is 2. The van der Waals surface area contributed by atoms with Crippen LogP contribution in [0, 0.1) is 5.41 Å². The molecule has 37 heavy (non-hydrogen) atoms. The van der Waals surface area contributed by atoms with Gasteiger partial charge in [0.05, 0.1) is 5.69 Å². The molecule has 0 spiro atoms. The number of nitrogens with zero attached hydrogens (tertiary/aromatic N) is 3. The highest BCUT2D eigenvalue weighted by Gasteiger charge is 2.27. The Morgan fingerprint density at radius 1 is 1.19 bits per heavy atom. The first-order valence-corrected chi connectivity index (χ1v) is 12.3.